The molecule has 0 aromatic carbocycles. The number of amides is 1. The van der Waals surface area contributed by atoms with E-state index in [1.54, 1.807) is 4.40 Å². The van der Waals surface area contributed by atoms with Crippen LogP contribution in [0.5, 0.6) is 0 Å². The minimum atomic E-state index is -0.460. The van der Waals surface area contributed by atoms with E-state index in [1.165, 1.54) is 6.20 Å². The van der Waals surface area contributed by atoms with Crippen LogP contribution in [-0.2, 0) is 0 Å². The fourth-order valence-corrected chi connectivity index (χ4v) is 1.27. The number of hydrogen-bond donors (Lipinski definition) is 1. The third-order valence-corrected chi connectivity index (χ3v) is 1.91. The summed E-state index contributed by atoms with van der Waals surface area (Å²) in [6, 6.07) is 3.79. The smallest absolute Gasteiger partial charge is 0.267 e. The Morgan fingerprint density at radius 3 is 2.67 bits per heavy atom. The van der Waals surface area contributed by atoms with Crippen LogP contribution >= 0.6 is 0 Å². The van der Waals surface area contributed by atoms with E-state index in [2.05, 4.69) is 4.98 Å². The highest BCUT2D eigenvalue weighted by Gasteiger charge is 2.07. The van der Waals surface area contributed by atoms with Gasteiger partial charge in [-0.15, -0.1) is 0 Å². The first-order valence-electron chi connectivity index (χ1n) is 4.92. The lowest BCUT2D eigenvalue weighted by Gasteiger charge is -1.98. The summed E-state index contributed by atoms with van der Waals surface area (Å²) in [5, 5.41) is 0. The zero-order valence-corrected chi connectivity index (χ0v) is 9.19. The van der Waals surface area contributed by atoms with E-state index >= 15 is 0 Å². The molecule has 0 fully saturated rings. The summed E-state index contributed by atoms with van der Waals surface area (Å²) < 4.78 is 1.69. The maximum atomic E-state index is 10.9. The third-order valence-electron chi connectivity index (χ3n) is 1.91. The second kappa shape index (κ2) is 4.59. The molecule has 0 saturated heterocycles. The number of rotatable bonds is 1. The van der Waals surface area contributed by atoms with Crippen LogP contribution < -0.4 is 5.73 Å². The Balaban J connectivity index is 0.000000531. The van der Waals surface area contributed by atoms with Crippen molar-refractivity contribution in [3.63, 3.8) is 0 Å². The number of aryl methyl sites for hydroxylation is 1. The number of nitrogens with two attached hydrogens (primary N) is 1. The molecule has 0 aliphatic carbocycles. The van der Waals surface area contributed by atoms with Crippen LogP contribution in [0.4, 0.5) is 0 Å². The van der Waals surface area contributed by atoms with Gasteiger partial charge in [-0.05, 0) is 18.6 Å². The maximum absolute atomic E-state index is 10.9. The molecule has 0 saturated carbocycles. The summed E-state index contributed by atoms with van der Waals surface area (Å²) >= 11 is 0. The van der Waals surface area contributed by atoms with Crippen molar-refractivity contribution in [1.82, 2.24) is 9.38 Å². The highest BCUT2D eigenvalue weighted by atomic mass is 16.1. The number of carbonyl (C=O) groups is 1. The van der Waals surface area contributed by atoms with E-state index in [9.17, 15) is 4.79 Å². The molecule has 0 aliphatic rings. The van der Waals surface area contributed by atoms with Crippen LogP contribution in [0.15, 0.2) is 24.5 Å². The van der Waals surface area contributed by atoms with Gasteiger partial charge in [-0.25, -0.2) is 4.98 Å². The minimum absolute atomic E-state index is 0.415. The minimum Gasteiger partial charge on any atom is -0.364 e. The summed E-state index contributed by atoms with van der Waals surface area (Å²) in [5.41, 5.74) is 7.39. The van der Waals surface area contributed by atoms with Crippen molar-refractivity contribution in [3.8, 4) is 0 Å². The lowest BCUT2D eigenvalue weighted by Crippen LogP contribution is -2.13. The number of carbonyl (C=O) groups excluding carboxylic acids is 1. The Labute approximate surface area is 88.7 Å². The second-order valence-electron chi connectivity index (χ2n) is 2.94. The fourth-order valence-electron chi connectivity index (χ4n) is 1.27. The molecule has 0 aliphatic heterocycles. The van der Waals surface area contributed by atoms with Gasteiger partial charge < -0.3 is 5.73 Å². The van der Waals surface area contributed by atoms with Crippen LogP contribution in [-0.4, -0.2) is 15.3 Å². The van der Waals surface area contributed by atoms with Gasteiger partial charge in [0.1, 0.15) is 11.3 Å². The first-order chi connectivity index (χ1) is 7.18. The van der Waals surface area contributed by atoms with Gasteiger partial charge in [0.2, 0.25) is 0 Å². The van der Waals surface area contributed by atoms with Gasteiger partial charge in [-0.2, -0.15) is 0 Å². The van der Waals surface area contributed by atoms with Gasteiger partial charge in [0.25, 0.3) is 5.91 Å². The van der Waals surface area contributed by atoms with Crippen LogP contribution in [0.2, 0.25) is 0 Å². The average molecular weight is 205 g/mol. The van der Waals surface area contributed by atoms with Gasteiger partial charge >= 0.3 is 0 Å². The standard InChI is InChI=1S/C9H9N3O.C2H6/c1-6-2-3-8-11-4-7(9(10)13)12(8)5-6;1-2/h2-5H,1H3,(H2,10,13);1-2H3. The summed E-state index contributed by atoms with van der Waals surface area (Å²) in [7, 11) is 0. The zero-order chi connectivity index (χ0) is 11.4. The van der Waals surface area contributed by atoms with Crippen molar-refractivity contribution in [2.45, 2.75) is 20.8 Å². The van der Waals surface area contributed by atoms with E-state index < -0.39 is 5.91 Å². The topological polar surface area (TPSA) is 60.4 Å². The van der Waals surface area contributed by atoms with Crippen molar-refractivity contribution in [1.29, 1.82) is 0 Å². The van der Waals surface area contributed by atoms with E-state index in [0.717, 1.165) is 11.2 Å². The monoisotopic (exact) mass is 205 g/mol. The first kappa shape index (κ1) is 11.2. The molecule has 0 radical (unpaired) electrons. The Hall–Kier alpha value is -1.84. The summed E-state index contributed by atoms with van der Waals surface area (Å²) in [4.78, 5) is 15.0. The van der Waals surface area contributed by atoms with Crippen molar-refractivity contribution in [3.05, 3.63) is 35.8 Å². The summed E-state index contributed by atoms with van der Waals surface area (Å²) in [6.07, 6.45) is 3.32. The number of pyridine rings is 1. The zero-order valence-electron chi connectivity index (χ0n) is 9.19. The van der Waals surface area contributed by atoms with E-state index in [1.807, 2.05) is 39.1 Å². The molecule has 2 rings (SSSR count). The van der Waals surface area contributed by atoms with Crippen molar-refractivity contribution in [2.75, 3.05) is 0 Å². The van der Waals surface area contributed by atoms with E-state index in [-0.39, 0.29) is 0 Å². The molecule has 0 unspecified atom stereocenters. The molecular formula is C11H15N3O. The molecule has 2 heterocycles. The normalized spacial score (nSPS) is 9.53. The lowest BCUT2D eigenvalue weighted by atomic mass is 10.3. The highest BCUT2D eigenvalue weighted by molar-refractivity contribution is 5.91. The van der Waals surface area contributed by atoms with Gasteiger partial charge in [-0.3, -0.25) is 9.20 Å². The molecule has 80 valence electrons. The van der Waals surface area contributed by atoms with Gasteiger partial charge in [-0.1, -0.05) is 19.9 Å². The number of aromatic nitrogens is 2. The SMILES string of the molecule is CC.Cc1ccc2ncc(C(N)=O)n2c1. The molecule has 2 aromatic heterocycles. The van der Waals surface area contributed by atoms with Gasteiger partial charge in [0, 0.05) is 6.20 Å². The quantitative estimate of drug-likeness (QED) is 0.771. The van der Waals surface area contributed by atoms with E-state index in [0.29, 0.717) is 5.69 Å². The first-order valence-corrected chi connectivity index (χ1v) is 4.92. The van der Waals surface area contributed by atoms with Crippen molar-refractivity contribution in [2.24, 2.45) is 5.73 Å². The van der Waals surface area contributed by atoms with E-state index in [4.69, 9.17) is 5.73 Å². The number of fused-ring (bicyclic) bond motifs is 1. The maximum Gasteiger partial charge on any atom is 0.267 e. The lowest BCUT2D eigenvalue weighted by molar-refractivity contribution is 0.0995. The molecule has 0 bridgehead atoms. The number of primary amides is 1. The molecule has 0 spiro atoms. The van der Waals surface area contributed by atoms with Crippen LogP contribution in [0.1, 0.15) is 29.9 Å². The Morgan fingerprint density at radius 1 is 1.40 bits per heavy atom. The molecule has 15 heavy (non-hydrogen) atoms. The Morgan fingerprint density at radius 2 is 2.07 bits per heavy atom. The number of hydrogen-bond acceptors (Lipinski definition) is 2. The fraction of sp³-hybridized carbons (Fsp3) is 0.273. The van der Waals surface area contributed by atoms with Gasteiger partial charge in [0.15, 0.2) is 0 Å². The van der Waals surface area contributed by atoms with Gasteiger partial charge in [0.05, 0.1) is 6.20 Å². The summed E-state index contributed by atoms with van der Waals surface area (Å²) in [5.74, 6) is -0.460. The van der Waals surface area contributed by atoms with Crippen molar-refractivity contribution >= 4 is 11.6 Å². The second-order valence-corrected chi connectivity index (χ2v) is 2.94. The third kappa shape index (κ3) is 2.15. The predicted molar refractivity (Wildman–Crippen MR) is 59.8 cm³/mol. The molecule has 0 atom stereocenters. The Kier molecular flexibility index (Phi) is 3.44. The molecule has 1 amide bonds. The van der Waals surface area contributed by atoms with Crippen molar-refractivity contribution < 1.29 is 4.79 Å². The highest BCUT2D eigenvalue weighted by Crippen LogP contribution is 2.07. The Bertz CT molecular complexity index is 474. The largest absolute Gasteiger partial charge is 0.364 e. The molecule has 2 aromatic rings. The number of nitrogens with zero attached hydrogens (tertiary/aromatic N) is 2. The van der Waals surface area contributed by atoms with Crippen LogP contribution in [0.25, 0.3) is 5.65 Å². The van der Waals surface area contributed by atoms with Crippen LogP contribution in [0, 0.1) is 6.92 Å². The summed E-state index contributed by atoms with van der Waals surface area (Å²) in [6.45, 7) is 5.95. The molecule has 4 heteroatoms. The molecular weight excluding hydrogens is 190 g/mol. The molecule has 4 nitrogen and oxygen atoms in total. The number of imidazole rings is 1. The average Bonchev–Trinajstić information content (AvgIpc) is 2.63. The van der Waals surface area contributed by atoms with Crippen LogP contribution in [0.3, 0.4) is 0 Å². The predicted octanol–water partition coefficient (Wildman–Crippen LogP) is 1.77. The molecule has 2 N–H and O–H groups in total.